The fourth-order valence-electron chi connectivity index (χ4n) is 0.597. The molecule has 4 nitrogen and oxygen atoms in total. The smallest absolute Gasteiger partial charge is 0.180 e. The van der Waals surface area contributed by atoms with Crippen molar-refractivity contribution in [3.63, 3.8) is 0 Å². The Kier molecular flexibility index (Phi) is 1.26. The van der Waals surface area contributed by atoms with Crippen LogP contribution in [0.15, 0.2) is 0 Å². The normalized spacial score (nSPS) is 35.4. The Labute approximate surface area is 48.0 Å². The van der Waals surface area contributed by atoms with Crippen molar-refractivity contribution >= 4 is 9.84 Å². The van der Waals surface area contributed by atoms with E-state index < -0.39 is 15.3 Å². The van der Waals surface area contributed by atoms with Gasteiger partial charge in [-0.3, -0.25) is 5.32 Å². The number of rotatable bonds is 0. The number of hydrogen-bond donors (Lipinski definition) is 2. The fraction of sp³-hybridized carbons (Fsp3) is 1.00. The highest BCUT2D eigenvalue weighted by molar-refractivity contribution is 7.92. The van der Waals surface area contributed by atoms with Crippen LogP contribution >= 0.6 is 0 Å². The van der Waals surface area contributed by atoms with Gasteiger partial charge >= 0.3 is 0 Å². The van der Waals surface area contributed by atoms with E-state index in [4.69, 9.17) is 5.73 Å². The molecule has 1 aliphatic rings. The quantitative estimate of drug-likeness (QED) is 0.414. The van der Waals surface area contributed by atoms with Crippen LogP contribution in [0.1, 0.15) is 0 Å². The first kappa shape index (κ1) is 6.00. The Hall–Kier alpha value is -0.130. The van der Waals surface area contributed by atoms with Crippen molar-refractivity contribution in [3.05, 3.63) is 0 Å². The van der Waals surface area contributed by atoms with E-state index in [0.717, 1.165) is 0 Å². The van der Waals surface area contributed by atoms with Gasteiger partial charge in [-0.25, -0.2) is 8.42 Å². The molecule has 0 aromatic heterocycles. The summed E-state index contributed by atoms with van der Waals surface area (Å²) in [6.07, 6.45) is 0. The highest BCUT2D eigenvalue weighted by Crippen LogP contribution is 1.98. The highest BCUT2D eigenvalue weighted by Gasteiger charge is 2.26. The van der Waals surface area contributed by atoms with Gasteiger partial charge < -0.3 is 5.73 Å². The molecule has 1 rings (SSSR count). The van der Waals surface area contributed by atoms with Crippen molar-refractivity contribution in [2.75, 3.05) is 12.3 Å². The summed E-state index contributed by atoms with van der Waals surface area (Å²) in [5, 5.41) is 2.60. The molecule has 0 saturated carbocycles. The summed E-state index contributed by atoms with van der Waals surface area (Å²) in [7, 11) is -2.96. The molecule has 48 valence electrons. The largest absolute Gasteiger partial charge is 0.303 e. The van der Waals surface area contributed by atoms with Crippen LogP contribution in [0.25, 0.3) is 0 Å². The molecule has 1 unspecified atom stereocenters. The van der Waals surface area contributed by atoms with E-state index in [9.17, 15) is 8.42 Å². The SMILES string of the molecule is NC1NCCS1(=O)=O. The number of nitrogens with one attached hydrogen (secondary N) is 1. The minimum Gasteiger partial charge on any atom is -0.303 e. The molecule has 0 spiro atoms. The van der Waals surface area contributed by atoms with Gasteiger partial charge in [-0.1, -0.05) is 0 Å². The van der Waals surface area contributed by atoms with Crippen LogP contribution in [0.3, 0.4) is 0 Å². The topological polar surface area (TPSA) is 72.2 Å². The van der Waals surface area contributed by atoms with Crippen molar-refractivity contribution < 1.29 is 8.42 Å². The van der Waals surface area contributed by atoms with E-state index in [-0.39, 0.29) is 5.75 Å². The van der Waals surface area contributed by atoms with E-state index >= 15 is 0 Å². The lowest BCUT2D eigenvalue weighted by Gasteiger charge is -1.97. The Balaban J connectivity index is 2.85. The third-order valence-corrected chi connectivity index (χ3v) is 2.83. The Morgan fingerprint density at radius 1 is 1.62 bits per heavy atom. The molecule has 0 bridgehead atoms. The highest BCUT2D eigenvalue weighted by atomic mass is 32.2. The molecule has 5 heteroatoms. The molecular formula is C3H8N2O2S. The number of sulfone groups is 1. The second-order valence-electron chi connectivity index (χ2n) is 1.74. The van der Waals surface area contributed by atoms with E-state index in [0.29, 0.717) is 6.54 Å². The molecule has 1 atom stereocenters. The van der Waals surface area contributed by atoms with E-state index in [2.05, 4.69) is 5.32 Å². The third-order valence-electron chi connectivity index (χ3n) is 1.12. The van der Waals surface area contributed by atoms with Crippen LogP contribution in [-0.4, -0.2) is 26.2 Å². The second kappa shape index (κ2) is 1.68. The van der Waals surface area contributed by atoms with Gasteiger partial charge in [0.15, 0.2) is 15.3 Å². The van der Waals surface area contributed by atoms with Crippen molar-refractivity contribution in [1.29, 1.82) is 0 Å². The van der Waals surface area contributed by atoms with Crippen LogP contribution in [0.5, 0.6) is 0 Å². The standard InChI is InChI=1S/C3H8N2O2S/c4-3-5-1-2-8(3,6)7/h3,5H,1-2,4H2. The van der Waals surface area contributed by atoms with Crippen LogP contribution in [0, 0.1) is 0 Å². The van der Waals surface area contributed by atoms with Gasteiger partial charge in [0, 0.05) is 6.54 Å². The predicted molar refractivity (Wildman–Crippen MR) is 29.8 cm³/mol. The molecule has 0 aliphatic carbocycles. The first-order chi connectivity index (χ1) is 3.63. The lowest BCUT2D eigenvalue weighted by atomic mass is 10.8. The first-order valence-corrected chi connectivity index (χ1v) is 4.05. The Morgan fingerprint density at radius 3 is 2.38 bits per heavy atom. The summed E-state index contributed by atoms with van der Waals surface area (Å²) in [5.41, 5.74) is 4.30. The third kappa shape index (κ3) is 0.841. The summed E-state index contributed by atoms with van der Waals surface area (Å²) in [5.74, 6) is 0.175. The molecule has 0 radical (unpaired) electrons. The van der Waals surface area contributed by atoms with Gasteiger partial charge in [0.1, 0.15) is 0 Å². The monoisotopic (exact) mass is 136 g/mol. The fourth-order valence-corrected chi connectivity index (χ4v) is 1.63. The molecule has 0 amide bonds. The average Bonchev–Trinajstić information content (AvgIpc) is 1.86. The van der Waals surface area contributed by atoms with Gasteiger partial charge in [-0.15, -0.1) is 0 Å². The van der Waals surface area contributed by atoms with E-state index in [1.807, 2.05) is 0 Å². The summed E-state index contributed by atoms with van der Waals surface area (Å²) in [6.45, 7) is 0.490. The molecule has 1 fully saturated rings. The lowest BCUT2D eigenvalue weighted by molar-refractivity contribution is 0.585. The minimum atomic E-state index is -2.96. The molecule has 8 heavy (non-hydrogen) atoms. The summed E-state index contributed by atoms with van der Waals surface area (Å²) >= 11 is 0. The van der Waals surface area contributed by atoms with E-state index in [1.165, 1.54) is 0 Å². The maximum absolute atomic E-state index is 10.6. The second-order valence-corrected chi connectivity index (χ2v) is 3.98. The minimum absolute atomic E-state index is 0.175. The Bertz CT molecular complexity index is 174. The van der Waals surface area contributed by atoms with Crippen molar-refractivity contribution in [1.82, 2.24) is 5.32 Å². The summed E-state index contributed by atoms with van der Waals surface area (Å²) < 4.78 is 21.1. The van der Waals surface area contributed by atoms with Gasteiger partial charge in [-0.05, 0) is 0 Å². The van der Waals surface area contributed by atoms with Crippen LogP contribution in [0.2, 0.25) is 0 Å². The Morgan fingerprint density at radius 2 is 2.25 bits per heavy atom. The molecule has 1 aliphatic heterocycles. The first-order valence-electron chi connectivity index (χ1n) is 2.33. The van der Waals surface area contributed by atoms with Crippen LogP contribution in [0.4, 0.5) is 0 Å². The summed E-state index contributed by atoms with van der Waals surface area (Å²) in [6, 6.07) is 0. The predicted octanol–water partition coefficient (Wildman–Crippen LogP) is -1.75. The maximum atomic E-state index is 10.6. The van der Waals surface area contributed by atoms with Crippen molar-refractivity contribution in [2.45, 2.75) is 5.50 Å². The molecule has 0 aromatic carbocycles. The zero-order valence-electron chi connectivity index (χ0n) is 4.29. The molecule has 0 aromatic rings. The zero-order valence-corrected chi connectivity index (χ0v) is 5.11. The molecule has 1 saturated heterocycles. The average molecular weight is 136 g/mol. The molecule has 1 heterocycles. The van der Waals surface area contributed by atoms with E-state index in [1.54, 1.807) is 0 Å². The van der Waals surface area contributed by atoms with Gasteiger partial charge in [0.25, 0.3) is 0 Å². The number of nitrogens with two attached hydrogens (primary N) is 1. The van der Waals surface area contributed by atoms with Crippen LogP contribution < -0.4 is 11.1 Å². The van der Waals surface area contributed by atoms with Gasteiger partial charge in [0.2, 0.25) is 0 Å². The zero-order chi connectivity index (χ0) is 6.20. The lowest BCUT2D eigenvalue weighted by Crippen LogP contribution is -2.36. The van der Waals surface area contributed by atoms with Crippen LogP contribution in [-0.2, 0) is 9.84 Å². The van der Waals surface area contributed by atoms with Gasteiger partial charge in [-0.2, -0.15) is 0 Å². The number of hydrogen-bond acceptors (Lipinski definition) is 4. The molecule has 3 N–H and O–H groups in total. The van der Waals surface area contributed by atoms with Crippen molar-refractivity contribution in [3.8, 4) is 0 Å². The van der Waals surface area contributed by atoms with Gasteiger partial charge in [0.05, 0.1) is 5.75 Å². The molecular weight excluding hydrogens is 128 g/mol. The maximum Gasteiger partial charge on any atom is 0.180 e. The summed E-state index contributed by atoms with van der Waals surface area (Å²) in [4.78, 5) is 0. The van der Waals surface area contributed by atoms with Crippen molar-refractivity contribution in [2.24, 2.45) is 5.73 Å².